The van der Waals surface area contributed by atoms with Gasteiger partial charge in [-0.15, -0.1) is 17.9 Å². The summed E-state index contributed by atoms with van der Waals surface area (Å²) in [6, 6.07) is 18.1. The van der Waals surface area contributed by atoms with Gasteiger partial charge in [-0.05, 0) is 98.4 Å². The lowest BCUT2D eigenvalue weighted by molar-refractivity contribution is -0.131. The Morgan fingerprint density at radius 1 is 0.982 bits per heavy atom. The number of carbonyl (C=O) groups excluding carboxylic acids is 4. The average Bonchev–Trinajstić information content (AvgIpc) is 3.84. The number of aromatic nitrogens is 2. The quantitative estimate of drug-likeness (QED) is 0.135. The number of halogens is 2. The minimum absolute atomic E-state index is 0.0210. The number of carbonyl (C=O) groups is 4. The molecule has 2 aromatic heterocycles. The number of imide groups is 2. The standard InChI is InChI=1S/C44H38Cl2N4O5S/c1-6-8-23-9-7-10-28(38(23)51)37-26-14-15-27-36(42(54)49(40(27)52)25-13-11-21(2)32(46)18-25)30(26)19-31-41(53)50(43(55)44(31,37)4)35-20-33(47-48(35)5)39-22(3)29-17-24(45)12-16-34(29)56-39/h6-7,9-14,16-18,20,27,30-31,36-37,51H,1,8,15,19H2,2-5H3. The van der Waals surface area contributed by atoms with Crippen LogP contribution in [0.25, 0.3) is 20.7 Å². The normalized spacial score (nSPS) is 25.8. The molecule has 4 amide bonds. The summed E-state index contributed by atoms with van der Waals surface area (Å²) in [5.74, 6) is -4.74. The number of benzene rings is 3. The van der Waals surface area contributed by atoms with E-state index in [0.717, 1.165) is 31.7 Å². The molecule has 3 aromatic carbocycles. The van der Waals surface area contributed by atoms with Gasteiger partial charge in [-0.2, -0.15) is 5.10 Å². The minimum Gasteiger partial charge on any atom is -0.507 e. The molecular formula is C44H38Cl2N4O5S. The molecule has 0 bridgehead atoms. The predicted molar refractivity (Wildman–Crippen MR) is 219 cm³/mol. The first-order chi connectivity index (χ1) is 26.8. The number of phenols is 1. The van der Waals surface area contributed by atoms with Crippen LogP contribution in [-0.2, 0) is 32.6 Å². The number of aryl methyl sites for hydroxylation is 3. The van der Waals surface area contributed by atoms with Gasteiger partial charge in [-0.3, -0.25) is 23.9 Å². The number of anilines is 2. The van der Waals surface area contributed by atoms with Gasteiger partial charge in [-0.25, -0.2) is 9.80 Å². The van der Waals surface area contributed by atoms with Gasteiger partial charge in [0.1, 0.15) is 17.3 Å². The number of phenolic OH excluding ortho intramolecular Hbond substituents is 1. The number of fused-ring (bicyclic) bond motifs is 5. The van der Waals surface area contributed by atoms with Crippen LogP contribution in [0.4, 0.5) is 11.5 Å². The molecule has 9 nitrogen and oxygen atoms in total. The molecule has 4 heterocycles. The number of allylic oxidation sites excluding steroid dienone is 3. The first-order valence-electron chi connectivity index (χ1n) is 18.6. The molecule has 284 valence electrons. The first kappa shape index (κ1) is 36.6. The van der Waals surface area contributed by atoms with Crippen molar-refractivity contribution in [1.29, 1.82) is 0 Å². The molecule has 9 rings (SSSR count). The van der Waals surface area contributed by atoms with E-state index in [4.69, 9.17) is 28.3 Å². The molecule has 56 heavy (non-hydrogen) atoms. The maximum atomic E-state index is 15.2. The fraction of sp³-hybridized carbons (Fsp3) is 0.295. The maximum absolute atomic E-state index is 15.2. The van der Waals surface area contributed by atoms with Crippen LogP contribution in [-0.4, -0.2) is 38.5 Å². The van der Waals surface area contributed by atoms with E-state index in [0.29, 0.717) is 44.8 Å². The van der Waals surface area contributed by atoms with Crippen molar-refractivity contribution in [2.24, 2.45) is 36.1 Å². The van der Waals surface area contributed by atoms with E-state index >= 15 is 4.79 Å². The molecule has 5 aromatic rings. The SMILES string of the molecule is C=CCc1cccc(C2C3=CCC4C(=O)N(c5ccc(C)c(Cl)c5)C(=O)C4C3CC3C(=O)N(c4cc(-c5sc6ccc(Cl)cc6c5C)nn4C)C(=O)C32C)c1O. The zero-order valence-corrected chi connectivity index (χ0v) is 33.5. The molecule has 6 atom stereocenters. The first-order valence-corrected chi connectivity index (χ1v) is 20.2. The Morgan fingerprint density at radius 2 is 1.77 bits per heavy atom. The van der Waals surface area contributed by atoms with Gasteiger partial charge in [0.2, 0.25) is 23.6 Å². The number of hydrogen-bond acceptors (Lipinski definition) is 7. The highest BCUT2D eigenvalue weighted by Crippen LogP contribution is 2.64. The summed E-state index contributed by atoms with van der Waals surface area (Å²) in [6.45, 7) is 9.53. The number of aromatic hydroxyl groups is 1. The highest BCUT2D eigenvalue weighted by atomic mass is 35.5. The second kappa shape index (κ2) is 13.0. The van der Waals surface area contributed by atoms with Crippen molar-refractivity contribution in [3.05, 3.63) is 117 Å². The Bertz CT molecular complexity index is 2630. The van der Waals surface area contributed by atoms with E-state index in [1.807, 2.05) is 57.2 Å². The summed E-state index contributed by atoms with van der Waals surface area (Å²) in [5, 5.41) is 18.8. The van der Waals surface area contributed by atoms with Crippen molar-refractivity contribution in [2.75, 3.05) is 9.80 Å². The third-order valence-electron chi connectivity index (χ3n) is 12.7. The van der Waals surface area contributed by atoms with Crippen molar-refractivity contribution < 1.29 is 24.3 Å². The van der Waals surface area contributed by atoms with Crippen LogP contribution in [0.5, 0.6) is 5.75 Å². The number of rotatable bonds is 6. The molecule has 0 spiro atoms. The molecule has 2 aliphatic heterocycles. The third kappa shape index (κ3) is 5.08. The summed E-state index contributed by atoms with van der Waals surface area (Å²) < 4.78 is 2.60. The van der Waals surface area contributed by atoms with Crippen molar-refractivity contribution in [2.45, 2.75) is 46.0 Å². The van der Waals surface area contributed by atoms with E-state index in [2.05, 4.69) is 6.58 Å². The van der Waals surface area contributed by atoms with Crippen LogP contribution in [0, 0.1) is 42.9 Å². The highest BCUT2D eigenvalue weighted by molar-refractivity contribution is 7.22. The smallest absolute Gasteiger partial charge is 0.242 e. The third-order valence-corrected chi connectivity index (χ3v) is 14.7. The number of thiophene rings is 1. The lowest BCUT2D eigenvalue weighted by Crippen LogP contribution is -2.49. The van der Waals surface area contributed by atoms with Gasteiger partial charge < -0.3 is 5.11 Å². The lowest BCUT2D eigenvalue weighted by Gasteiger charge is -2.49. The van der Waals surface area contributed by atoms with Crippen molar-refractivity contribution in [3.8, 4) is 16.3 Å². The van der Waals surface area contributed by atoms with Gasteiger partial charge in [-0.1, -0.05) is 65.2 Å². The van der Waals surface area contributed by atoms with E-state index in [-0.39, 0.29) is 30.4 Å². The molecule has 4 aliphatic rings. The van der Waals surface area contributed by atoms with Crippen molar-refractivity contribution in [3.63, 3.8) is 0 Å². The summed E-state index contributed by atoms with van der Waals surface area (Å²) in [4.78, 5) is 62.2. The van der Waals surface area contributed by atoms with E-state index in [1.165, 1.54) is 9.80 Å². The monoisotopic (exact) mass is 804 g/mol. The van der Waals surface area contributed by atoms with Crippen LogP contribution in [0.1, 0.15) is 47.9 Å². The summed E-state index contributed by atoms with van der Waals surface area (Å²) in [6.07, 6.45) is 4.52. The molecule has 12 heteroatoms. The predicted octanol–water partition coefficient (Wildman–Crippen LogP) is 9.09. The lowest BCUT2D eigenvalue weighted by atomic mass is 9.51. The van der Waals surface area contributed by atoms with E-state index in [9.17, 15) is 19.5 Å². The maximum Gasteiger partial charge on any atom is 0.242 e. The Hall–Kier alpha value is -5.03. The second-order valence-corrected chi connectivity index (χ2v) is 17.6. The highest BCUT2D eigenvalue weighted by Gasteiger charge is 2.68. The molecule has 0 radical (unpaired) electrons. The number of nitrogens with zero attached hydrogens (tertiary/aromatic N) is 4. The van der Waals surface area contributed by atoms with Gasteiger partial charge in [0.15, 0.2) is 0 Å². The van der Waals surface area contributed by atoms with Crippen LogP contribution >= 0.6 is 34.5 Å². The van der Waals surface area contributed by atoms with Crippen LogP contribution in [0.15, 0.2) is 85.0 Å². The van der Waals surface area contributed by atoms with Gasteiger partial charge in [0, 0.05) is 39.3 Å². The Kier molecular flexibility index (Phi) is 8.50. The van der Waals surface area contributed by atoms with Crippen molar-refractivity contribution >= 4 is 79.8 Å². The summed E-state index contributed by atoms with van der Waals surface area (Å²) in [7, 11) is 1.72. The van der Waals surface area contributed by atoms with Crippen LogP contribution < -0.4 is 9.80 Å². The van der Waals surface area contributed by atoms with Gasteiger partial charge >= 0.3 is 0 Å². The number of hydrogen-bond donors (Lipinski definition) is 1. The summed E-state index contributed by atoms with van der Waals surface area (Å²) in [5.41, 5.74) is 3.41. The second-order valence-electron chi connectivity index (χ2n) is 15.7. The Balaban J connectivity index is 1.17. The van der Waals surface area contributed by atoms with Crippen LogP contribution in [0.3, 0.4) is 0 Å². The molecule has 1 saturated carbocycles. The van der Waals surface area contributed by atoms with Crippen molar-refractivity contribution in [1.82, 2.24) is 9.78 Å². The largest absolute Gasteiger partial charge is 0.507 e. The Labute approximate surface area is 337 Å². The van der Waals surface area contributed by atoms with Gasteiger partial charge in [0.25, 0.3) is 0 Å². The zero-order chi connectivity index (χ0) is 39.5. The topological polar surface area (TPSA) is 113 Å². The number of amides is 4. The average molecular weight is 806 g/mol. The fourth-order valence-electron chi connectivity index (χ4n) is 9.93. The summed E-state index contributed by atoms with van der Waals surface area (Å²) >= 11 is 14.4. The molecule has 2 saturated heterocycles. The zero-order valence-electron chi connectivity index (χ0n) is 31.2. The molecule has 3 fully saturated rings. The molecular weight excluding hydrogens is 767 g/mol. The fourth-order valence-corrected chi connectivity index (χ4v) is 11.4. The van der Waals surface area contributed by atoms with E-state index in [1.54, 1.807) is 59.5 Å². The molecule has 1 N–H and O–H groups in total. The Morgan fingerprint density at radius 3 is 2.52 bits per heavy atom. The van der Waals surface area contributed by atoms with E-state index < -0.39 is 46.8 Å². The molecule has 2 aliphatic carbocycles. The minimum atomic E-state index is -1.35. The molecule has 6 unspecified atom stereocenters. The number of para-hydroxylation sites is 1. The van der Waals surface area contributed by atoms with Gasteiger partial charge in [0.05, 0.1) is 33.7 Å². The van der Waals surface area contributed by atoms with Crippen LogP contribution in [0.2, 0.25) is 10.0 Å².